The Morgan fingerprint density at radius 2 is 1.89 bits per heavy atom. The summed E-state index contributed by atoms with van der Waals surface area (Å²) >= 11 is 0. The second-order valence-electron chi connectivity index (χ2n) is 4.50. The van der Waals surface area contributed by atoms with Crippen LogP contribution in [0, 0.1) is 0 Å². The van der Waals surface area contributed by atoms with Gasteiger partial charge in [0.05, 0.1) is 11.0 Å². The number of carbonyl (C=O) groups is 1. The minimum Gasteiger partial charge on any atom is -0.480 e. The van der Waals surface area contributed by atoms with Crippen molar-refractivity contribution in [2.45, 2.75) is 32.7 Å². The molecule has 1 atom stereocenters. The molecule has 0 aliphatic carbocycles. The third kappa shape index (κ3) is 2.34. The van der Waals surface area contributed by atoms with E-state index in [1.54, 1.807) is 6.92 Å². The monoisotopic (exact) mass is 268 g/mol. The van der Waals surface area contributed by atoms with Gasteiger partial charge >= 0.3 is 5.97 Å². The molecule has 0 aliphatic rings. The summed E-state index contributed by atoms with van der Waals surface area (Å²) in [6.45, 7) is 5.72. The Morgan fingerprint density at radius 3 is 2.44 bits per heavy atom. The van der Waals surface area contributed by atoms with Crippen molar-refractivity contribution in [3.05, 3.63) is 30.1 Å². The molecular weight excluding hydrogens is 252 g/mol. The van der Waals surface area contributed by atoms with Crippen LogP contribution in [0.1, 0.15) is 38.6 Å². The van der Waals surface area contributed by atoms with Crippen LogP contribution in [0.15, 0.2) is 24.3 Å². The zero-order valence-corrected chi connectivity index (χ0v) is 11.4. The van der Waals surface area contributed by atoms with Crippen molar-refractivity contribution in [1.29, 1.82) is 0 Å². The van der Waals surface area contributed by atoms with E-state index in [0.29, 0.717) is 0 Å². The highest BCUT2D eigenvalue weighted by Gasteiger charge is 2.21. The third-order valence-electron chi connectivity index (χ3n) is 2.88. The largest absolute Gasteiger partial charge is 0.480 e. The fourth-order valence-corrected chi connectivity index (χ4v) is 1.99. The van der Waals surface area contributed by atoms with Crippen LogP contribution < -0.4 is 0 Å². The molecule has 0 spiro atoms. The molecule has 18 heavy (non-hydrogen) atoms. The zero-order chi connectivity index (χ0) is 12.6. The number of fused-ring (bicyclic) bond motifs is 1. The number of carboxylic acid groups (broad SMARTS) is 1. The average molecular weight is 269 g/mol. The number of halogens is 1. The van der Waals surface area contributed by atoms with E-state index in [-0.39, 0.29) is 18.3 Å². The first-order chi connectivity index (χ1) is 8.02. The number of aromatic nitrogens is 2. The van der Waals surface area contributed by atoms with Gasteiger partial charge in [-0.3, -0.25) is 0 Å². The van der Waals surface area contributed by atoms with Gasteiger partial charge in [-0.15, -0.1) is 12.4 Å². The highest BCUT2D eigenvalue weighted by atomic mass is 35.5. The van der Waals surface area contributed by atoms with Crippen molar-refractivity contribution in [3.63, 3.8) is 0 Å². The van der Waals surface area contributed by atoms with Crippen LogP contribution in [0.5, 0.6) is 0 Å². The number of para-hydroxylation sites is 2. The van der Waals surface area contributed by atoms with Gasteiger partial charge in [0.1, 0.15) is 11.9 Å². The number of carboxylic acids is 1. The summed E-state index contributed by atoms with van der Waals surface area (Å²) in [7, 11) is 0. The summed E-state index contributed by atoms with van der Waals surface area (Å²) in [5, 5.41) is 9.17. The zero-order valence-electron chi connectivity index (χ0n) is 10.6. The van der Waals surface area contributed by atoms with E-state index in [2.05, 4.69) is 4.98 Å². The predicted octanol–water partition coefficient (Wildman–Crippen LogP) is 3.23. The molecule has 1 N–H and O–H groups in total. The summed E-state index contributed by atoms with van der Waals surface area (Å²) in [6.07, 6.45) is 0. The Kier molecular flexibility index (Phi) is 4.35. The van der Waals surface area contributed by atoms with Gasteiger partial charge in [-0.1, -0.05) is 26.0 Å². The van der Waals surface area contributed by atoms with Crippen LogP contribution >= 0.6 is 12.4 Å². The average Bonchev–Trinajstić information content (AvgIpc) is 2.67. The van der Waals surface area contributed by atoms with Crippen molar-refractivity contribution in [1.82, 2.24) is 9.55 Å². The molecule has 1 unspecified atom stereocenters. The van der Waals surface area contributed by atoms with Crippen molar-refractivity contribution >= 4 is 29.4 Å². The molecule has 0 saturated carbocycles. The second-order valence-corrected chi connectivity index (χ2v) is 4.50. The standard InChI is InChI=1S/C13H16N2O2.ClH/c1-8(2)12-14-10-6-4-5-7-11(10)15(12)9(3)13(16)17;/h4-9H,1-3H3,(H,16,17);1H. The molecule has 2 rings (SSSR count). The van der Waals surface area contributed by atoms with Gasteiger partial charge < -0.3 is 9.67 Å². The number of imidazole rings is 1. The summed E-state index contributed by atoms with van der Waals surface area (Å²) in [5.74, 6) is 0.181. The van der Waals surface area contributed by atoms with Crippen LogP contribution in [0.3, 0.4) is 0 Å². The van der Waals surface area contributed by atoms with Crippen molar-refractivity contribution in [2.24, 2.45) is 0 Å². The van der Waals surface area contributed by atoms with Crippen LogP contribution in [0.2, 0.25) is 0 Å². The summed E-state index contributed by atoms with van der Waals surface area (Å²) in [5.41, 5.74) is 1.73. The molecule has 98 valence electrons. The van der Waals surface area contributed by atoms with Gasteiger partial charge in [-0.05, 0) is 19.1 Å². The predicted molar refractivity (Wildman–Crippen MR) is 73.4 cm³/mol. The molecule has 0 bridgehead atoms. The smallest absolute Gasteiger partial charge is 0.326 e. The van der Waals surface area contributed by atoms with Crippen LogP contribution in [-0.2, 0) is 4.79 Å². The maximum Gasteiger partial charge on any atom is 0.326 e. The van der Waals surface area contributed by atoms with E-state index in [4.69, 9.17) is 0 Å². The van der Waals surface area contributed by atoms with Gasteiger partial charge in [0.25, 0.3) is 0 Å². The van der Waals surface area contributed by atoms with Gasteiger partial charge in [0.2, 0.25) is 0 Å². The molecular formula is C13H17ClN2O2. The fourth-order valence-electron chi connectivity index (χ4n) is 1.99. The van der Waals surface area contributed by atoms with E-state index < -0.39 is 12.0 Å². The van der Waals surface area contributed by atoms with Gasteiger partial charge in [0.15, 0.2) is 0 Å². The molecule has 5 heteroatoms. The maximum atomic E-state index is 11.2. The van der Waals surface area contributed by atoms with Crippen molar-refractivity contribution in [3.8, 4) is 0 Å². The first-order valence-electron chi connectivity index (χ1n) is 5.72. The van der Waals surface area contributed by atoms with E-state index >= 15 is 0 Å². The Bertz CT molecular complexity index is 563. The van der Waals surface area contributed by atoms with Crippen LogP contribution in [0.4, 0.5) is 0 Å². The molecule has 1 heterocycles. The van der Waals surface area contributed by atoms with Crippen molar-refractivity contribution in [2.75, 3.05) is 0 Å². The number of aliphatic carboxylic acids is 1. The highest BCUT2D eigenvalue weighted by molar-refractivity contribution is 5.85. The summed E-state index contributed by atoms with van der Waals surface area (Å²) in [4.78, 5) is 15.7. The Balaban J connectivity index is 0.00000162. The normalized spacial score (nSPS) is 12.4. The third-order valence-corrected chi connectivity index (χ3v) is 2.88. The number of hydrogen-bond donors (Lipinski definition) is 1. The lowest BCUT2D eigenvalue weighted by Gasteiger charge is -2.15. The van der Waals surface area contributed by atoms with E-state index in [0.717, 1.165) is 16.9 Å². The molecule has 0 saturated heterocycles. The number of rotatable bonds is 3. The molecule has 1 aromatic heterocycles. The van der Waals surface area contributed by atoms with Crippen LogP contribution in [-0.4, -0.2) is 20.6 Å². The first-order valence-corrected chi connectivity index (χ1v) is 5.72. The van der Waals surface area contributed by atoms with Gasteiger partial charge in [0, 0.05) is 5.92 Å². The Labute approximate surface area is 112 Å². The SMILES string of the molecule is CC(C)c1nc2ccccc2n1C(C)C(=O)O.Cl. The lowest BCUT2D eigenvalue weighted by molar-refractivity contribution is -0.140. The Hall–Kier alpha value is -1.55. The topological polar surface area (TPSA) is 55.1 Å². The molecule has 0 amide bonds. The first kappa shape index (κ1) is 14.5. The number of hydrogen-bond acceptors (Lipinski definition) is 2. The van der Waals surface area contributed by atoms with Gasteiger partial charge in [-0.25, -0.2) is 9.78 Å². The van der Waals surface area contributed by atoms with Crippen LogP contribution in [0.25, 0.3) is 11.0 Å². The highest BCUT2D eigenvalue weighted by Crippen LogP contribution is 2.25. The minimum absolute atomic E-state index is 0. The summed E-state index contributed by atoms with van der Waals surface area (Å²) in [6, 6.07) is 7.04. The second kappa shape index (κ2) is 5.40. The Morgan fingerprint density at radius 1 is 1.28 bits per heavy atom. The minimum atomic E-state index is -0.838. The molecule has 0 aliphatic heterocycles. The molecule has 0 radical (unpaired) electrons. The molecule has 4 nitrogen and oxygen atoms in total. The number of benzene rings is 1. The van der Waals surface area contributed by atoms with E-state index in [1.807, 2.05) is 42.7 Å². The number of nitrogens with zero attached hydrogens (tertiary/aromatic N) is 2. The fraction of sp³-hybridized carbons (Fsp3) is 0.385. The van der Waals surface area contributed by atoms with E-state index in [1.165, 1.54) is 0 Å². The van der Waals surface area contributed by atoms with E-state index in [9.17, 15) is 9.90 Å². The quantitative estimate of drug-likeness (QED) is 0.930. The summed E-state index contributed by atoms with van der Waals surface area (Å²) < 4.78 is 1.81. The van der Waals surface area contributed by atoms with Crippen molar-refractivity contribution < 1.29 is 9.90 Å². The maximum absolute atomic E-state index is 11.2. The lowest BCUT2D eigenvalue weighted by Crippen LogP contribution is -2.18. The molecule has 2 aromatic rings. The van der Waals surface area contributed by atoms with Gasteiger partial charge in [-0.2, -0.15) is 0 Å². The molecule has 1 aromatic carbocycles. The lowest BCUT2D eigenvalue weighted by atomic mass is 10.2. The molecule has 0 fully saturated rings.